The number of halogens is 1. The molecule has 0 atom stereocenters. The number of hydrogen-bond donors (Lipinski definition) is 0. The van der Waals surface area contributed by atoms with Crippen LogP contribution in [0, 0.1) is 11.8 Å². The van der Waals surface area contributed by atoms with E-state index in [1.807, 2.05) is 12.1 Å². The third-order valence-corrected chi connectivity index (χ3v) is 6.66. The van der Waals surface area contributed by atoms with Gasteiger partial charge in [-0.2, -0.15) is 0 Å². The summed E-state index contributed by atoms with van der Waals surface area (Å²) < 4.78 is 12.1. The summed E-state index contributed by atoms with van der Waals surface area (Å²) in [6, 6.07) is 17.2. The second-order valence-corrected chi connectivity index (χ2v) is 8.87. The van der Waals surface area contributed by atoms with E-state index in [1.165, 1.54) is 55.2 Å². The maximum absolute atomic E-state index is 6.07. The molecule has 0 spiro atoms. The molecule has 1 heterocycles. The number of hydrogen-bond acceptors (Lipinski definition) is 2. The molecule has 2 fully saturated rings. The first-order valence-corrected chi connectivity index (χ1v) is 11.2. The molecule has 1 aliphatic heterocycles. The third kappa shape index (κ3) is 4.79. The first kappa shape index (κ1) is 19.9. The Labute approximate surface area is 174 Å². The average molecular weight is 399 g/mol. The summed E-state index contributed by atoms with van der Waals surface area (Å²) in [5.41, 5.74) is 3.93. The third-order valence-electron chi connectivity index (χ3n) is 6.41. The van der Waals surface area contributed by atoms with Gasteiger partial charge in [0.1, 0.15) is 0 Å². The summed E-state index contributed by atoms with van der Waals surface area (Å²) in [6.45, 7) is 3.99. The van der Waals surface area contributed by atoms with Crippen molar-refractivity contribution >= 4 is 11.6 Å². The quantitative estimate of drug-likeness (QED) is 0.536. The topological polar surface area (TPSA) is 18.5 Å². The molecule has 1 aliphatic carbocycles. The molecule has 2 aliphatic rings. The predicted molar refractivity (Wildman–Crippen MR) is 116 cm³/mol. The Morgan fingerprint density at radius 1 is 0.821 bits per heavy atom. The van der Waals surface area contributed by atoms with Crippen molar-refractivity contribution in [1.82, 2.24) is 0 Å². The van der Waals surface area contributed by atoms with Crippen molar-refractivity contribution in [2.24, 2.45) is 11.8 Å². The maximum Gasteiger partial charge on any atom is 0.160 e. The average Bonchev–Trinajstić information content (AvgIpc) is 2.75. The Bertz CT molecular complexity index is 724. The largest absolute Gasteiger partial charge is 0.352 e. The Hall–Kier alpha value is -1.35. The van der Waals surface area contributed by atoms with E-state index < -0.39 is 0 Å². The smallest absolute Gasteiger partial charge is 0.160 e. The molecule has 2 aromatic carbocycles. The number of benzene rings is 2. The monoisotopic (exact) mass is 398 g/mol. The Morgan fingerprint density at radius 3 is 1.96 bits per heavy atom. The molecule has 4 rings (SSSR count). The van der Waals surface area contributed by atoms with Crippen molar-refractivity contribution in [3.8, 4) is 11.1 Å². The van der Waals surface area contributed by atoms with Gasteiger partial charge in [0.05, 0.1) is 13.2 Å². The highest BCUT2D eigenvalue weighted by Gasteiger charge is 2.32. The molecule has 3 heteroatoms. The van der Waals surface area contributed by atoms with Crippen LogP contribution >= 0.6 is 11.6 Å². The highest BCUT2D eigenvalue weighted by atomic mass is 35.5. The van der Waals surface area contributed by atoms with Gasteiger partial charge < -0.3 is 9.47 Å². The molecular weight excluding hydrogens is 368 g/mol. The fourth-order valence-corrected chi connectivity index (χ4v) is 4.85. The highest BCUT2D eigenvalue weighted by molar-refractivity contribution is 6.30. The van der Waals surface area contributed by atoms with Crippen LogP contribution in [-0.4, -0.2) is 19.5 Å². The van der Waals surface area contributed by atoms with Crippen molar-refractivity contribution in [2.45, 2.75) is 57.7 Å². The van der Waals surface area contributed by atoms with Crippen LogP contribution in [0.15, 0.2) is 48.5 Å². The van der Waals surface area contributed by atoms with E-state index in [2.05, 4.69) is 43.3 Å². The van der Waals surface area contributed by atoms with Gasteiger partial charge in [0.15, 0.2) is 6.29 Å². The second kappa shape index (κ2) is 9.43. The van der Waals surface area contributed by atoms with E-state index in [0.717, 1.165) is 18.2 Å². The summed E-state index contributed by atoms with van der Waals surface area (Å²) in [5, 5.41) is 0.781. The maximum atomic E-state index is 6.07. The van der Waals surface area contributed by atoms with Crippen LogP contribution in [0.5, 0.6) is 0 Å². The van der Waals surface area contributed by atoms with E-state index in [1.54, 1.807) is 0 Å². The van der Waals surface area contributed by atoms with Gasteiger partial charge in [-0.1, -0.05) is 61.3 Å². The van der Waals surface area contributed by atoms with Crippen LogP contribution in [0.25, 0.3) is 11.1 Å². The SMILES string of the molecule is CCCC1COC(C2CCC(c3ccc(-c4ccc(Cl)cc4)cc3)CC2)OC1. The molecule has 2 nitrogen and oxygen atoms in total. The molecule has 0 radical (unpaired) electrons. The van der Waals surface area contributed by atoms with Gasteiger partial charge in [-0.15, -0.1) is 0 Å². The minimum Gasteiger partial charge on any atom is -0.352 e. The predicted octanol–water partition coefficient (Wildman–Crippen LogP) is 7.07. The van der Waals surface area contributed by atoms with Crippen molar-refractivity contribution < 1.29 is 9.47 Å². The van der Waals surface area contributed by atoms with Gasteiger partial charge in [-0.25, -0.2) is 0 Å². The number of rotatable bonds is 5. The van der Waals surface area contributed by atoms with E-state index >= 15 is 0 Å². The molecule has 1 saturated carbocycles. The van der Waals surface area contributed by atoms with Gasteiger partial charge in [0.2, 0.25) is 0 Å². The van der Waals surface area contributed by atoms with Crippen LogP contribution in [0.4, 0.5) is 0 Å². The first-order valence-electron chi connectivity index (χ1n) is 10.8. The molecule has 2 aromatic rings. The summed E-state index contributed by atoms with van der Waals surface area (Å²) in [5.74, 6) is 1.82. The van der Waals surface area contributed by atoms with Crippen molar-refractivity contribution in [1.29, 1.82) is 0 Å². The van der Waals surface area contributed by atoms with E-state index in [9.17, 15) is 0 Å². The molecule has 0 unspecified atom stereocenters. The zero-order chi connectivity index (χ0) is 19.3. The van der Waals surface area contributed by atoms with E-state index in [4.69, 9.17) is 21.1 Å². The minimum atomic E-state index is 0.0290. The summed E-state index contributed by atoms with van der Waals surface area (Å²) in [4.78, 5) is 0. The van der Waals surface area contributed by atoms with Crippen LogP contribution in [0.3, 0.4) is 0 Å². The minimum absolute atomic E-state index is 0.0290. The lowest BCUT2D eigenvalue weighted by Gasteiger charge is -2.37. The molecule has 0 bridgehead atoms. The lowest BCUT2D eigenvalue weighted by atomic mass is 9.78. The summed E-state index contributed by atoms with van der Waals surface area (Å²) in [6.07, 6.45) is 7.31. The lowest BCUT2D eigenvalue weighted by molar-refractivity contribution is -0.229. The van der Waals surface area contributed by atoms with Crippen molar-refractivity contribution in [2.75, 3.05) is 13.2 Å². The van der Waals surface area contributed by atoms with Crippen LogP contribution in [-0.2, 0) is 9.47 Å². The second-order valence-electron chi connectivity index (χ2n) is 8.43. The Morgan fingerprint density at radius 2 is 1.39 bits per heavy atom. The van der Waals surface area contributed by atoms with Gasteiger partial charge in [0.25, 0.3) is 0 Å². The lowest BCUT2D eigenvalue weighted by Crippen LogP contribution is -2.38. The molecule has 1 saturated heterocycles. The van der Waals surface area contributed by atoms with E-state index in [-0.39, 0.29) is 6.29 Å². The van der Waals surface area contributed by atoms with Gasteiger partial charge in [0, 0.05) is 16.9 Å². The van der Waals surface area contributed by atoms with Gasteiger partial charge in [-0.3, -0.25) is 0 Å². The normalized spacial score (nSPS) is 28.2. The standard InChI is InChI=1S/C25H31ClO2/c1-2-3-18-16-27-25(28-17-18)23-10-8-21(9-11-23)19-4-6-20(7-5-19)22-12-14-24(26)15-13-22/h4-7,12-15,18,21,23,25H,2-3,8-11,16-17H2,1H3. The van der Waals surface area contributed by atoms with Crippen molar-refractivity contribution in [3.63, 3.8) is 0 Å². The van der Waals surface area contributed by atoms with Crippen molar-refractivity contribution in [3.05, 3.63) is 59.1 Å². The van der Waals surface area contributed by atoms with E-state index in [0.29, 0.717) is 17.8 Å². The van der Waals surface area contributed by atoms with Crippen LogP contribution in [0.2, 0.25) is 5.02 Å². The molecule has 0 aromatic heterocycles. The zero-order valence-corrected chi connectivity index (χ0v) is 17.5. The zero-order valence-electron chi connectivity index (χ0n) is 16.8. The fourth-order valence-electron chi connectivity index (χ4n) is 4.72. The Balaban J connectivity index is 1.30. The number of ether oxygens (including phenoxy) is 2. The first-order chi connectivity index (χ1) is 13.7. The van der Waals surface area contributed by atoms with Crippen LogP contribution < -0.4 is 0 Å². The molecule has 0 amide bonds. The van der Waals surface area contributed by atoms with Gasteiger partial charge in [-0.05, 0) is 66.8 Å². The highest BCUT2D eigenvalue weighted by Crippen LogP contribution is 2.39. The molecular formula is C25H31ClO2. The molecule has 150 valence electrons. The van der Waals surface area contributed by atoms with Crippen LogP contribution in [0.1, 0.15) is 56.9 Å². The Kier molecular flexibility index (Phi) is 6.72. The van der Waals surface area contributed by atoms with Gasteiger partial charge >= 0.3 is 0 Å². The fraction of sp³-hybridized carbons (Fsp3) is 0.520. The summed E-state index contributed by atoms with van der Waals surface area (Å²) >= 11 is 6.00. The molecule has 28 heavy (non-hydrogen) atoms. The summed E-state index contributed by atoms with van der Waals surface area (Å²) in [7, 11) is 0. The molecule has 0 N–H and O–H groups in total.